The fraction of sp³-hybridized carbons (Fsp3) is 0.500. The molecule has 4 atom stereocenters. The van der Waals surface area contributed by atoms with Gasteiger partial charge in [-0.05, 0) is 12.3 Å². The van der Waals surface area contributed by atoms with Gasteiger partial charge in [0.1, 0.15) is 35.3 Å². The molecule has 1 aliphatic rings. The van der Waals surface area contributed by atoms with Crippen molar-refractivity contribution < 1.29 is 33.8 Å². The zero-order valence-corrected chi connectivity index (χ0v) is 14.2. The molecule has 132 valence electrons. The Morgan fingerprint density at radius 2 is 2.12 bits per heavy atom. The number of nitrogens with zero attached hydrogens (tertiary/aromatic N) is 3. The molecule has 3 rings (SSSR count). The van der Waals surface area contributed by atoms with Crippen molar-refractivity contribution in [1.82, 2.24) is 14.5 Å². The number of aromatic nitrogens is 3. The van der Waals surface area contributed by atoms with Crippen molar-refractivity contribution in [2.75, 3.05) is 12.9 Å². The second kappa shape index (κ2) is 6.70. The minimum Gasteiger partial charge on any atom is -0.387 e. The molecule has 4 N–H and O–H groups in total. The number of rotatable bonds is 5. The lowest BCUT2D eigenvalue weighted by molar-refractivity contribution is -0.0501. The largest absolute Gasteiger partial charge is 0.469 e. The molecule has 10 nitrogen and oxygen atoms in total. The Balaban J connectivity index is 1.86. The van der Waals surface area contributed by atoms with Crippen LogP contribution in [0, 0.1) is 0 Å². The van der Waals surface area contributed by atoms with Crippen LogP contribution in [0.4, 0.5) is 0 Å². The van der Waals surface area contributed by atoms with E-state index in [0.717, 1.165) is 10.4 Å². The van der Waals surface area contributed by atoms with Gasteiger partial charge in [0, 0.05) is 6.20 Å². The lowest BCUT2D eigenvalue weighted by Gasteiger charge is -2.17. The van der Waals surface area contributed by atoms with Crippen LogP contribution in [0.5, 0.6) is 0 Å². The Hall–Kier alpha value is -1.04. The van der Waals surface area contributed by atoms with E-state index in [-0.39, 0.29) is 0 Å². The summed E-state index contributed by atoms with van der Waals surface area (Å²) in [5, 5.41) is 21.8. The first kappa shape index (κ1) is 17.8. The quantitative estimate of drug-likeness (QED) is 0.316. The van der Waals surface area contributed by atoms with Crippen LogP contribution < -0.4 is 0 Å². The summed E-state index contributed by atoms with van der Waals surface area (Å²) in [5.74, 6) is 0. The van der Waals surface area contributed by atoms with Crippen molar-refractivity contribution in [2.24, 2.45) is 0 Å². The van der Waals surface area contributed by atoms with Gasteiger partial charge in [-0.3, -0.25) is 4.52 Å². The van der Waals surface area contributed by atoms with Crippen LogP contribution in [0.25, 0.3) is 11.0 Å². The molecule has 0 aliphatic carbocycles. The summed E-state index contributed by atoms with van der Waals surface area (Å²) in [4.78, 5) is 25.8. The minimum absolute atomic E-state index is 0.516. The first-order valence-corrected chi connectivity index (χ1v) is 9.64. The van der Waals surface area contributed by atoms with Gasteiger partial charge >= 0.3 is 7.82 Å². The van der Waals surface area contributed by atoms with E-state index in [0.29, 0.717) is 5.65 Å². The Morgan fingerprint density at radius 1 is 1.38 bits per heavy atom. The van der Waals surface area contributed by atoms with Gasteiger partial charge in [0.05, 0.1) is 12.0 Å². The average Bonchev–Trinajstić information content (AvgIpc) is 3.07. The Morgan fingerprint density at radius 3 is 2.79 bits per heavy atom. The highest BCUT2D eigenvalue weighted by atomic mass is 32.2. The lowest BCUT2D eigenvalue weighted by atomic mass is 10.1. The molecule has 2 aromatic heterocycles. The summed E-state index contributed by atoms with van der Waals surface area (Å²) in [5.41, 5.74) is 0.516. The molecule has 24 heavy (non-hydrogen) atoms. The van der Waals surface area contributed by atoms with E-state index in [9.17, 15) is 14.8 Å². The number of fused-ring (bicyclic) bond motifs is 1. The van der Waals surface area contributed by atoms with Crippen molar-refractivity contribution in [3.8, 4) is 0 Å². The molecule has 3 heterocycles. The van der Waals surface area contributed by atoms with Gasteiger partial charge < -0.3 is 29.3 Å². The van der Waals surface area contributed by atoms with Crippen LogP contribution >= 0.6 is 19.6 Å². The van der Waals surface area contributed by atoms with Crippen molar-refractivity contribution in [3.63, 3.8) is 0 Å². The van der Waals surface area contributed by atoms with Gasteiger partial charge in [-0.15, -0.1) is 11.8 Å². The average molecular weight is 377 g/mol. The van der Waals surface area contributed by atoms with E-state index in [2.05, 4.69) is 14.5 Å². The summed E-state index contributed by atoms with van der Waals surface area (Å²) < 4.78 is 22.2. The van der Waals surface area contributed by atoms with Gasteiger partial charge in [-0.1, -0.05) is 0 Å². The maximum atomic E-state index is 10.8. The zero-order chi connectivity index (χ0) is 17.5. The molecule has 1 aliphatic heterocycles. The van der Waals surface area contributed by atoms with Gasteiger partial charge in [-0.25, -0.2) is 14.5 Å². The van der Waals surface area contributed by atoms with Crippen molar-refractivity contribution in [3.05, 3.63) is 18.6 Å². The van der Waals surface area contributed by atoms with Gasteiger partial charge in [0.15, 0.2) is 6.23 Å². The topological polar surface area (TPSA) is 147 Å². The normalized spacial score (nSPS) is 27.9. The van der Waals surface area contributed by atoms with Crippen LogP contribution in [0.2, 0.25) is 0 Å². The molecular formula is C12H16N3O7PS. The first-order valence-electron chi connectivity index (χ1n) is 6.89. The standard InChI is InChI=1S/C12H16N3O7PS/c1-24-11-6-2-3-15(10(6)13-5-14-11)12-9(17)8(16)7(22-12)4-21-23(18,19)20/h2-3,5,7-9,12,16-17H,4H2,1H3,(H2,18,19,20)/t7-,8+,9+,12+/m0/s1. The van der Waals surface area contributed by atoms with E-state index in [1.807, 2.05) is 6.26 Å². The predicted molar refractivity (Wildman–Crippen MR) is 83.2 cm³/mol. The van der Waals surface area contributed by atoms with Crippen molar-refractivity contribution in [2.45, 2.75) is 29.6 Å². The van der Waals surface area contributed by atoms with E-state index < -0.39 is 39.0 Å². The molecule has 12 heteroatoms. The van der Waals surface area contributed by atoms with Crippen LogP contribution in [-0.4, -0.2) is 65.7 Å². The SMILES string of the molecule is CSc1ncnc2c1ccn2[C@@H]1O[C@@H](COP(=O)(O)O)[C@@H](O)[C@H]1O. The van der Waals surface area contributed by atoms with Crippen LogP contribution in [-0.2, 0) is 13.8 Å². The smallest absolute Gasteiger partial charge is 0.387 e. The Labute approximate surface area is 140 Å². The van der Waals surface area contributed by atoms with Crippen LogP contribution in [0.1, 0.15) is 6.23 Å². The van der Waals surface area contributed by atoms with Crippen molar-refractivity contribution in [1.29, 1.82) is 0 Å². The van der Waals surface area contributed by atoms with Gasteiger partial charge in [-0.2, -0.15) is 0 Å². The molecule has 0 radical (unpaired) electrons. The molecular weight excluding hydrogens is 361 g/mol. The van der Waals surface area contributed by atoms with E-state index in [1.54, 1.807) is 16.8 Å². The number of ether oxygens (including phenoxy) is 1. The minimum atomic E-state index is -4.70. The summed E-state index contributed by atoms with van der Waals surface area (Å²) >= 11 is 1.44. The molecule has 0 bridgehead atoms. The Bertz CT molecular complexity index is 781. The number of aliphatic hydroxyl groups excluding tert-OH is 2. The third kappa shape index (κ3) is 3.35. The molecule has 0 spiro atoms. The molecule has 2 aromatic rings. The molecule has 1 fully saturated rings. The van der Waals surface area contributed by atoms with E-state index in [4.69, 9.17) is 14.5 Å². The molecule has 0 aromatic carbocycles. The number of hydrogen-bond donors (Lipinski definition) is 4. The third-order valence-electron chi connectivity index (χ3n) is 3.68. The highest BCUT2D eigenvalue weighted by molar-refractivity contribution is 7.98. The Kier molecular flexibility index (Phi) is 4.96. The molecule has 0 unspecified atom stereocenters. The van der Waals surface area contributed by atoms with Gasteiger partial charge in [0.25, 0.3) is 0 Å². The second-order valence-corrected chi connectivity index (χ2v) is 7.21. The molecule has 0 saturated carbocycles. The highest BCUT2D eigenvalue weighted by Crippen LogP contribution is 2.39. The first-order chi connectivity index (χ1) is 11.3. The fourth-order valence-electron chi connectivity index (χ4n) is 2.58. The maximum Gasteiger partial charge on any atom is 0.469 e. The fourth-order valence-corrected chi connectivity index (χ4v) is 3.46. The lowest BCUT2D eigenvalue weighted by Crippen LogP contribution is -2.33. The van der Waals surface area contributed by atoms with Crippen LogP contribution in [0.15, 0.2) is 23.6 Å². The third-order valence-corrected chi connectivity index (χ3v) is 4.88. The number of phosphoric acid groups is 1. The number of aliphatic hydroxyl groups is 2. The summed E-state index contributed by atoms with van der Waals surface area (Å²) in [7, 11) is -4.70. The van der Waals surface area contributed by atoms with E-state index >= 15 is 0 Å². The number of hydrogen-bond acceptors (Lipinski definition) is 8. The summed E-state index contributed by atoms with van der Waals surface area (Å²) in [6.45, 7) is -0.552. The van der Waals surface area contributed by atoms with Crippen molar-refractivity contribution >= 4 is 30.6 Å². The van der Waals surface area contributed by atoms with Crippen LogP contribution in [0.3, 0.4) is 0 Å². The second-order valence-electron chi connectivity index (χ2n) is 5.18. The zero-order valence-electron chi connectivity index (χ0n) is 12.5. The maximum absolute atomic E-state index is 10.8. The number of thioether (sulfide) groups is 1. The molecule has 0 amide bonds. The van der Waals surface area contributed by atoms with E-state index in [1.165, 1.54) is 18.1 Å². The predicted octanol–water partition coefficient (Wildman–Crippen LogP) is -0.118. The monoisotopic (exact) mass is 377 g/mol. The number of phosphoric ester groups is 1. The summed E-state index contributed by atoms with van der Waals surface area (Å²) in [6.07, 6.45) is 0.186. The molecule has 1 saturated heterocycles. The highest BCUT2D eigenvalue weighted by Gasteiger charge is 2.44. The van der Waals surface area contributed by atoms with Gasteiger partial charge in [0.2, 0.25) is 0 Å². The summed E-state index contributed by atoms with van der Waals surface area (Å²) in [6, 6.07) is 1.77.